The van der Waals surface area contributed by atoms with Crippen molar-refractivity contribution in [1.82, 2.24) is 35.2 Å². The van der Waals surface area contributed by atoms with Crippen LogP contribution in [0.5, 0.6) is 0 Å². The van der Waals surface area contributed by atoms with E-state index in [0.29, 0.717) is 54.5 Å². The molecule has 11 heteroatoms. The largest absolute Gasteiger partial charge is 0.336 e. The Bertz CT molecular complexity index is 1520. The maximum absolute atomic E-state index is 13.7. The average molecular weight is 487 g/mol. The number of rotatable bonds is 4. The van der Waals surface area contributed by atoms with E-state index in [0.717, 1.165) is 16.3 Å². The van der Waals surface area contributed by atoms with Crippen LogP contribution in [0.4, 0.5) is 5.95 Å². The number of benzene rings is 1. The van der Waals surface area contributed by atoms with Gasteiger partial charge in [-0.15, -0.1) is 11.3 Å². The van der Waals surface area contributed by atoms with E-state index >= 15 is 0 Å². The Hall–Kier alpha value is -4.12. The number of carbonyl (C=O) groups excluding carboxylic acids is 1. The molecule has 1 saturated heterocycles. The number of amides is 1. The Morgan fingerprint density at radius 2 is 1.83 bits per heavy atom. The van der Waals surface area contributed by atoms with Crippen molar-refractivity contribution in [3.63, 3.8) is 0 Å². The molecular weight excluding hydrogens is 464 g/mol. The Labute approximate surface area is 204 Å². The van der Waals surface area contributed by atoms with Gasteiger partial charge in [0.2, 0.25) is 5.95 Å². The summed E-state index contributed by atoms with van der Waals surface area (Å²) in [5.41, 5.74) is 3.22. The van der Waals surface area contributed by atoms with Crippen LogP contribution in [-0.2, 0) is 0 Å². The summed E-state index contributed by atoms with van der Waals surface area (Å²) in [5.74, 6) is 0.611. The van der Waals surface area contributed by atoms with Crippen molar-refractivity contribution in [2.24, 2.45) is 0 Å². The quantitative estimate of drug-likeness (QED) is 0.380. The van der Waals surface area contributed by atoms with Crippen LogP contribution >= 0.6 is 11.3 Å². The lowest BCUT2D eigenvalue weighted by Gasteiger charge is -2.35. The molecule has 35 heavy (non-hydrogen) atoms. The maximum Gasteiger partial charge on any atom is 0.259 e. The second-order valence-electron chi connectivity index (χ2n) is 8.42. The summed E-state index contributed by atoms with van der Waals surface area (Å²) >= 11 is 1.63. The van der Waals surface area contributed by atoms with Gasteiger partial charge >= 0.3 is 0 Å². The number of nitrogens with zero attached hydrogens (tertiary/aromatic N) is 8. The molecular formula is C24H22N8O2S. The van der Waals surface area contributed by atoms with E-state index in [1.165, 1.54) is 4.88 Å². The van der Waals surface area contributed by atoms with E-state index in [1.54, 1.807) is 16.0 Å². The van der Waals surface area contributed by atoms with Crippen molar-refractivity contribution in [2.75, 3.05) is 31.1 Å². The van der Waals surface area contributed by atoms with Crippen molar-refractivity contribution < 1.29 is 9.32 Å². The van der Waals surface area contributed by atoms with Gasteiger partial charge in [-0.2, -0.15) is 4.68 Å². The Balaban J connectivity index is 1.26. The fourth-order valence-electron chi connectivity index (χ4n) is 4.36. The molecule has 0 saturated carbocycles. The molecule has 5 aromatic rings. The minimum atomic E-state index is -0.0551. The van der Waals surface area contributed by atoms with Gasteiger partial charge in [-0.25, -0.2) is 4.98 Å². The Kier molecular flexibility index (Phi) is 5.25. The number of aromatic nitrogens is 6. The summed E-state index contributed by atoms with van der Waals surface area (Å²) in [7, 11) is 0. The molecule has 1 amide bonds. The summed E-state index contributed by atoms with van der Waals surface area (Å²) in [6.07, 6.45) is 0. The van der Waals surface area contributed by atoms with Crippen LogP contribution in [0, 0.1) is 13.8 Å². The SMILES string of the molecule is Cc1ccc(-c2cc(C(=O)N3CCN(c4nnnn4-c4ccccc4)CC3)c3c(C)noc3n2)s1. The van der Waals surface area contributed by atoms with Gasteiger partial charge in [-0.05, 0) is 54.6 Å². The first-order valence-corrected chi connectivity index (χ1v) is 12.1. The first-order valence-electron chi connectivity index (χ1n) is 11.3. The minimum absolute atomic E-state index is 0.0551. The van der Waals surface area contributed by atoms with E-state index < -0.39 is 0 Å². The number of hydrogen-bond donors (Lipinski definition) is 0. The first-order chi connectivity index (χ1) is 17.1. The number of fused-ring (bicyclic) bond motifs is 1. The zero-order chi connectivity index (χ0) is 23.9. The molecule has 0 spiro atoms. The minimum Gasteiger partial charge on any atom is -0.336 e. The van der Waals surface area contributed by atoms with Gasteiger partial charge in [0.05, 0.1) is 32.9 Å². The summed E-state index contributed by atoms with van der Waals surface area (Å²) in [6, 6.07) is 15.7. The maximum atomic E-state index is 13.7. The first kappa shape index (κ1) is 21.4. The standard InChI is InChI=1S/C24H22N8O2S/c1-15-8-9-20(35-15)19-14-18(21-16(2)27-34-22(21)25-19)23(33)30-10-12-31(13-11-30)24-26-28-29-32(24)17-6-4-3-5-7-17/h3-9,14H,10-13H2,1-2H3. The van der Waals surface area contributed by atoms with Crippen molar-refractivity contribution >= 4 is 34.3 Å². The molecule has 0 atom stereocenters. The summed E-state index contributed by atoms with van der Waals surface area (Å²) < 4.78 is 7.18. The second kappa shape index (κ2) is 8.58. The average Bonchev–Trinajstić information content (AvgIpc) is 3.64. The highest BCUT2D eigenvalue weighted by Crippen LogP contribution is 2.32. The lowest BCUT2D eigenvalue weighted by molar-refractivity contribution is 0.0748. The lowest BCUT2D eigenvalue weighted by Crippen LogP contribution is -2.49. The third-order valence-corrected chi connectivity index (χ3v) is 7.17. The van der Waals surface area contributed by atoms with Crippen LogP contribution < -0.4 is 4.90 Å². The molecule has 0 aliphatic carbocycles. The molecule has 0 radical (unpaired) electrons. The van der Waals surface area contributed by atoms with Gasteiger partial charge in [-0.3, -0.25) is 4.79 Å². The second-order valence-corrected chi connectivity index (χ2v) is 9.71. The van der Waals surface area contributed by atoms with E-state index in [4.69, 9.17) is 4.52 Å². The molecule has 0 unspecified atom stereocenters. The van der Waals surface area contributed by atoms with Gasteiger partial charge in [0.25, 0.3) is 11.6 Å². The van der Waals surface area contributed by atoms with E-state index in [9.17, 15) is 4.79 Å². The van der Waals surface area contributed by atoms with Crippen LogP contribution in [-0.4, -0.2) is 67.3 Å². The smallest absolute Gasteiger partial charge is 0.259 e. The van der Waals surface area contributed by atoms with Gasteiger partial charge in [0.1, 0.15) is 0 Å². The topological polar surface area (TPSA) is 106 Å². The van der Waals surface area contributed by atoms with E-state index in [2.05, 4.69) is 30.6 Å². The molecule has 1 aromatic carbocycles. The molecule has 0 bridgehead atoms. The number of hydrogen-bond acceptors (Lipinski definition) is 9. The Morgan fingerprint density at radius 1 is 1.03 bits per heavy atom. The monoisotopic (exact) mass is 486 g/mol. The van der Waals surface area contributed by atoms with Crippen molar-refractivity contribution in [3.05, 3.63) is 64.7 Å². The van der Waals surface area contributed by atoms with E-state index in [1.807, 2.05) is 67.3 Å². The molecule has 10 nitrogen and oxygen atoms in total. The summed E-state index contributed by atoms with van der Waals surface area (Å²) in [5, 5.41) is 17.0. The van der Waals surface area contributed by atoms with Crippen LogP contribution in [0.25, 0.3) is 27.4 Å². The van der Waals surface area contributed by atoms with Crippen molar-refractivity contribution in [2.45, 2.75) is 13.8 Å². The van der Waals surface area contributed by atoms with Crippen LogP contribution in [0.3, 0.4) is 0 Å². The lowest BCUT2D eigenvalue weighted by atomic mass is 10.1. The fraction of sp³-hybridized carbons (Fsp3) is 0.250. The highest BCUT2D eigenvalue weighted by Gasteiger charge is 2.28. The normalized spacial score (nSPS) is 14.1. The Morgan fingerprint density at radius 3 is 2.57 bits per heavy atom. The fourth-order valence-corrected chi connectivity index (χ4v) is 5.19. The number of para-hydroxylation sites is 1. The number of anilines is 1. The van der Waals surface area contributed by atoms with Gasteiger partial charge < -0.3 is 14.3 Å². The number of aryl methyl sites for hydroxylation is 2. The number of piperazine rings is 1. The van der Waals surface area contributed by atoms with Crippen molar-refractivity contribution in [3.8, 4) is 16.3 Å². The zero-order valence-corrected chi connectivity index (χ0v) is 20.1. The highest BCUT2D eigenvalue weighted by atomic mass is 32.1. The van der Waals surface area contributed by atoms with E-state index in [-0.39, 0.29) is 5.91 Å². The third-order valence-electron chi connectivity index (χ3n) is 6.14. The highest BCUT2D eigenvalue weighted by molar-refractivity contribution is 7.15. The van der Waals surface area contributed by atoms with Crippen LogP contribution in [0.2, 0.25) is 0 Å². The molecule has 1 aliphatic rings. The van der Waals surface area contributed by atoms with Gasteiger partial charge in [0, 0.05) is 31.1 Å². The van der Waals surface area contributed by atoms with Crippen LogP contribution in [0.15, 0.2) is 53.1 Å². The number of tetrazole rings is 1. The van der Waals surface area contributed by atoms with Gasteiger partial charge in [-0.1, -0.05) is 28.5 Å². The summed E-state index contributed by atoms with van der Waals surface area (Å²) in [4.78, 5) is 24.5. The zero-order valence-electron chi connectivity index (χ0n) is 19.2. The predicted octanol–water partition coefficient (Wildman–Crippen LogP) is 3.51. The molecule has 5 heterocycles. The number of pyridine rings is 1. The molecule has 176 valence electrons. The molecule has 1 fully saturated rings. The third kappa shape index (κ3) is 3.83. The summed E-state index contributed by atoms with van der Waals surface area (Å²) in [6.45, 7) is 6.20. The van der Waals surface area contributed by atoms with Gasteiger partial charge in [0.15, 0.2) is 0 Å². The number of thiophene rings is 1. The molecule has 6 rings (SSSR count). The molecule has 1 aliphatic heterocycles. The number of carbonyl (C=O) groups is 1. The van der Waals surface area contributed by atoms with Crippen LogP contribution in [0.1, 0.15) is 20.9 Å². The molecule has 4 aromatic heterocycles. The van der Waals surface area contributed by atoms with Crippen molar-refractivity contribution in [1.29, 1.82) is 0 Å². The molecule has 0 N–H and O–H groups in total. The predicted molar refractivity (Wildman–Crippen MR) is 132 cm³/mol.